The van der Waals surface area contributed by atoms with Crippen LogP contribution in [0.4, 0.5) is 0 Å². The van der Waals surface area contributed by atoms with Gasteiger partial charge in [0.15, 0.2) is 0 Å². The van der Waals surface area contributed by atoms with Gasteiger partial charge in [0.1, 0.15) is 5.82 Å². The first-order valence-corrected chi connectivity index (χ1v) is 8.83. The summed E-state index contributed by atoms with van der Waals surface area (Å²) in [6, 6.07) is 3.53. The van der Waals surface area contributed by atoms with Gasteiger partial charge in [-0.05, 0) is 37.4 Å². The summed E-state index contributed by atoms with van der Waals surface area (Å²) in [5, 5.41) is 1.83. The number of nitrogens with zero attached hydrogens (tertiary/aromatic N) is 3. The van der Waals surface area contributed by atoms with E-state index in [0.717, 1.165) is 38.3 Å². The molecule has 0 aromatic carbocycles. The second-order valence-electron chi connectivity index (χ2n) is 5.93. The SMILES string of the molecule is Cn1ccnc1CN1CCC(C(=O)NNC(=O)c2cccs2)CC1. The van der Waals surface area contributed by atoms with Gasteiger partial charge in [-0.2, -0.15) is 0 Å². The van der Waals surface area contributed by atoms with Crippen LogP contribution in [0.2, 0.25) is 0 Å². The molecule has 0 aliphatic carbocycles. The van der Waals surface area contributed by atoms with Gasteiger partial charge < -0.3 is 4.57 Å². The maximum Gasteiger partial charge on any atom is 0.279 e. The Labute approximate surface area is 144 Å². The molecule has 2 N–H and O–H groups in total. The first-order valence-electron chi connectivity index (χ1n) is 7.95. The summed E-state index contributed by atoms with van der Waals surface area (Å²) in [6.45, 7) is 2.50. The first-order chi connectivity index (χ1) is 11.6. The molecule has 0 atom stereocenters. The molecule has 0 unspecified atom stereocenters. The number of aryl methyl sites for hydroxylation is 1. The van der Waals surface area contributed by atoms with Gasteiger partial charge in [-0.1, -0.05) is 6.07 Å². The minimum Gasteiger partial charge on any atom is -0.337 e. The van der Waals surface area contributed by atoms with E-state index in [-0.39, 0.29) is 17.7 Å². The second kappa shape index (κ2) is 7.59. The van der Waals surface area contributed by atoms with Crippen LogP contribution in [0.25, 0.3) is 0 Å². The minimum atomic E-state index is -0.273. The normalized spacial score (nSPS) is 16.0. The third kappa shape index (κ3) is 4.01. The van der Waals surface area contributed by atoms with E-state index in [0.29, 0.717) is 4.88 Å². The molecular weight excluding hydrogens is 326 g/mol. The van der Waals surface area contributed by atoms with Crippen LogP contribution in [0.3, 0.4) is 0 Å². The Balaban J connectivity index is 1.42. The van der Waals surface area contributed by atoms with Crippen LogP contribution in [-0.2, 0) is 18.4 Å². The Bertz CT molecular complexity index is 689. The Morgan fingerprint density at radius 2 is 2.12 bits per heavy atom. The first kappa shape index (κ1) is 16.7. The molecular formula is C16H21N5O2S. The van der Waals surface area contributed by atoms with Gasteiger partial charge in [0, 0.05) is 25.4 Å². The predicted octanol–water partition coefficient (Wildman–Crippen LogP) is 1.15. The van der Waals surface area contributed by atoms with Crippen molar-refractivity contribution < 1.29 is 9.59 Å². The van der Waals surface area contributed by atoms with E-state index >= 15 is 0 Å². The third-order valence-electron chi connectivity index (χ3n) is 4.29. The van der Waals surface area contributed by atoms with Crippen molar-refractivity contribution in [2.75, 3.05) is 13.1 Å². The molecule has 2 aromatic heterocycles. The number of hydrazine groups is 1. The van der Waals surface area contributed by atoms with Crippen molar-refractivity contribution >= 4 is 23.2 Å². The monoisotopic (exact) mass is 347 g/mol. The zero-order valence-corrected chi connectivity index (χ0v) is 14.4. The Morgan fingerprint density at radius 1 is 1.33 bits per heavy atom. The number of nitrogens with one attached hydrogen (secondary N) is 2. The van der Waals surface area contributed by atoms with Crippen molar-refractivity contribution in [3.8, 4) is 0 Å². The van der Waals surface area contributed by atoms with Crippen LogP contribution in [0, 0.1) is 5.92 Å². The van der Waals surface area contributed by atoms with Gasteiger partial charge in [0.05, 0.1) is 11.4 Å². The number of rotatable bonds is 4. The fraction of sp³-hybridized carbons (Fsp3) is 0.438. The molecule has 1 fully saturated rings. The molecule has 0 spiro atoms. The van der Waals surface area contributed by atoms with Crippen molar-refractivity contribution in [2.24, 2.45) is 13.0 Å². The zero-order chi connectivity index (χ0) is 16.9. The number of likely N-dealkylation sites (tertiary alicyclic amines) is 1. The second-order valence-corrected chi connectivity index (χ2v) is 6.87. The summed E-state index contributed by atoms with van der Waals surface area (Å²) in [4.78, 5) is 31.2. The van der Waals surface area contributed by atoms with Crippen LogP contribution in [0.5, 0.6) is 0 Å². The standard InChI is InChI=1S/C16H21N5O2S/c1-20-9-6-17-14(20)11-21-7-4-12(5-8-21)15(22)18-19-16(23)13-3-2-10-24-13/h2-3,6,9-10,12H,4-5,7-8,11H2,1H3,(H,18,22)(H,19,23). The number of piperidine rings is 1. The van der Waals surface area contributed by atoms with E-state index in [9.17, 15) is 9.59 Å². The topological polar surface area (TPSA) is 79.3 Å². The lowest BCUT2D eigenvalue weighted by Crippen LogP contribution is -2.47. The summed E-state index contributed by atoms with van der Waals surface area (Å²) in [5.41, 5.74) is 5.03. The molecule has 3 rings (SSSR count). The summed E-state index contributed by atoms with van der Waals surface area (Å²) in [6.07, 6.45) is 5.30. The van der Waals surface area contributed by atoms with Crippen molar-refractivity contribution in [1.82, 2.24) is 25.3 Å². The van der Waals surface area contributed by atoms with Crippen LogP contribution in [0.15, 0.2) is 29.9 Å². The zero-order valence-electron chi connectivity index (χ0n) is 13.6. The fourth-order valence-corrected chi connectivity index (χ4v) is 3.41. The van der Waals surface area contributed by atoms with Crippen LogP contribution < -0.4 is 10.9 Å². The molecule has 0 saturated carbocycles. The molecule has 1 saturated heterocycles. The van der Waals surface area contributed by atoms with Gasteiger partial charge in [0.2, 0.25) is 5.91 Å². The van der Waals surface area contributed by atoms with Gasteiger partial charge in [0.25, 0.3) is 5.91 Å². The summed E-state index contributed by atoms with van der Waals surface area (Å²) < 4.78 is 2.01. The molecule has 1 aliphatic rings. The third-order valence-corrected chi connectivity index (χ3v) is 5.16. The highest BCUT2D eigenvalue weighted by Crippen LogP contribution is 2.18. The molecule has 8 heteroatoms. The van der Waals surface area contributed by atoms with Crippen LogP contribution >= 0.6 is 11.3 Å². The predicted molar refractivity (Wildman–Crippen MR) is 91.1 cm³/mol. The number of thiophene rings is 1. The van der Waals surface area contributed by atoms with E-state index in [1.165, 1.54) is 11.3 Å². The molecule has 128 valence electrons. The van der Waals surface area contributed by atoms with Gasteiger partial charge in [-0.15, -0.1) is 11.3 Å². The number of carbonyl (C=O) groups excluding carboxylic acids is 2. The number of aromatic nitrogens is 2. The van der Waals surface area contributed by atoms with E-state index < -0.39 is 0 Å². The highest BCUT2D eigenvalue weighted by molar-refractivity contribution is 7.12. The molecule has 2 amide bonds. The van der Waals surface area contributed by atoms with E-state index in [4.69, 9.17) is 0 Å². The number of imidazole rings is 1. The molecule has 0 radical (unpaired) electrons. The maximum absolute atomic E-state index is 12.2. The smallest absolute Gasteiger partial charge is 0.279 e. The average molecular weight is 347 g/mol. The Hall–Kier alpha value is -2.19. The number of hydrogen-bond donors (Lipinski definition) is 2. The lowest BCUT2D eigenvalue weighted by Gasteiger charge is -2.30. The molecule has 1 aliphatic heterocycles. The molecule has 0 bridgehead atoms. The minimum absolute atomic E-state index is 0.0637. The van der Waals surface area contributed by atoms with Crippen molar-refractivity contribution in [3.05, 3.63) is 40.6 Å². The molecule has 2 aromatic rings. The lowest BCUT2D eigenvalue weighted by molar-refractivity contribution is -0.127. The average Bonchev–Trinajstić information content (AvgIpc) is 3.26. The highest BCUT2D eigenvalue weighted by Gasteiger charge is 2.25. The maximum atomic E-state index is 12.2. The quantitative estimate of drug-likeness (QED) is 0.814. The summed E-state index contributed by atoms with van der Waals surface area (Å²) >= 11 is 1.34. The summed E-state index contributed by atoms with van der Waals surface area (Å²) in [5.74, 6) is 0.578. The Kier molecular flexibility index (Phi) is 5.27. The fourth-order valence-electron chi connectivity index (χ4n) is 2.79. The number of carbonyl (C=O) groups is 2. The van der Waals surface area contributed by atoms with E-state index in [2.05, 4.69) is 20.7 Å². The van der Waals surface area contributed by atoms with Crippen LogP contribution in [-0.4, -0.2) is 39.4 Å². The lowest BCUT2D eigenvalue weighted by atomic mass is 9.96. The van der Waals surface area contributed by atoms with Crippen LogP contribution in [0.1, 0.15) is 28.3 Å². The largest absolute Gasteiger partial charge is 0.337 e. The van der Waals surface area contributed by atoms with E-state index in [1.807, 2.05) is 23.2 Å². The molecule has 3 heterocycles. The number of amides is 2. The Morgan fingerprint density at radius 3 is 2.75 bits per heavy atom. The van der Waals surface area contributed by atoms with Crippen molar-refractivity contribution in [3.63, 3.8) is 0 Å². The number of hydrogen-bond acceptors (Lipinski definition) is 5. The molecule has 24 heavy (non-hydrogen) atoms. The van der Waals surface area contributed by atoms with Crippen molar-refractivity contribution in [1.29, 1.82) is 0 Å². The molecule has 7 nitrogen and oxygen atoms in total. The van der Waals surface area contributed by atoms with E-state index in [1.54, 1.807) is 18.3 Å². The van der Waals surface area contributed by atoms with Gasteiger partial charge >= 0.3 is 0 Å². The highest BCUT2D eigenvalue weighted by atomic mass is 32.1. The van der Waals surface area contributed by atoms with Gasteiger partial charge in [-0.25, -0.2) is 4.98 Å². The van der Waals surface area contributed by atoms with Gasteiger partial charge in [-0.3, -0.25) is 25.3 Å². The van der Waals surface area contributed by atoms with Crippen molar-refractivity contribution in [2.45, 2.75) is 19.4 Å². The summed E-state index contributed by atoms with van der Waals surface area (Å²) in [7, 11) is 1.98.